The van der Waals surface area contributed by atoms with Crippen molar-refractivity contribution in [2.24, 2.45) is 5.41 Å². The molecule has 0 unspecified atom stereocenters. The molecular formula is C19H27N5. The summed E-state index contributed by atoms with van der Waals surface area (Å²) in [6, 6.07) is 4.94. The third-order valence-electron chi connectivity index (χ3n) is 4.47. The maximum atomic E-state index is 9.57. The van der Waals surface area contributed by atoms with Crippen LogP contribution in [0, 0.1) is 28.1 Å². The molecule has 0 amide bonds. The molecule has 1 fully saturated rings. The lowest BCUT2D eigenvalue weighted by atomic mass is 9.95. The summed E-state index contributed by atoms with van der Waals surface area (Å²) in [5, 5.41) is 22.4. The van der Waals surface area contributed by atoms with Gasteiger partial charge in [0.15, 0.2) is 0 Å². The summed E-state index contributed by atoms with van der Waals surface area (Å²) in [5.74, 6) is 0.739. The Morgan fingerprint density at radius 1 is 1.25 bits per heavy atom. The lowest BCUT2D eigenvalue weighted by molar-refractivity contribution is 0.324. The maximum absolute atomic E-state index is 9.57. The molecule has 0 atom stereocenters. The molecule has 0 spiro atoms. The van der Waals surface area contributed by atoms with Crippen molar-refractivity contribution >= 4 is 5.82 Å². The van der Waals surface area contributed by atoms with Gasteiger partial charge in [-0.25, -0.2) is 4.98 Å². The molecule has 5 nitrogen and oxygen atoms in total. The fourth-order valence-electron chi connectivity index (χ4n) is 3.10. The van der Waals surface area contributed by atoms with Gasteiger partial charge in [0.1, 0.15) is 18.0 Å². The highest BCUT2D eigenvalue weighted by molar-refractivity contribution is 5.61. The van der Waals surface area contributed by atoms with Crippen LogP contribution in [0.4, 0.5) is 5.82 Å². The lowest BCUT2D eigenvalue weighted by Crippen LogP contribution is -2.45. The van der Waals surface area contributed by atoms with Crippen molar-refractivity contribution in [2.75, 3.05) is 24.5 Å². The Hall–Kier alpha value is -2.11. The molecule has 0 aromatic carbocycles. The number of rotatable bonds is 4. The third kappa shape index (κ3) is 4.24. The zero-order valence-electron chi connectivity index (χ0n) is 15.2. The molecule has 1 saturated heterocycles. The fourth-order valence-corrected chi connectivity index (χ4v) is 3.10. The van der Waals surface area contributed by atoms with Crippen molar-refractivity contribution in [3.63, 3.8) is 0 Å². The van der Waals surface area contributed by atoms with Crippen LogP contribution >= 0.6 is 0 Å². The second-order valence-electron chi connectivity index (χ2n) is 7.63. The monoisotopic (exact) mass is 325 g/mol. The highest BCUT2D eigenvalue weighted by Gasteiger charge is 2.24. The van der Waals surface area contributed by atoms with Gasteiger partial charge in [-0.3, -0.25) is 0 Å². The summed E-state index contributed by atoms with van der Waals surface area (Å²) in [4.78, 5) is 6.61. The van der Waals surface area contributed by atoms with E-state index in [1.54, 1.807) is 6.20 Å². The Morgan fingerprint density at radius 3 is 2.42 bits per heavy atom. The predicted molar refractivity (Wildman–Crippen MR) is 95.7 cm³/mol. The van der Waals surface area contributed by atoms with E-state index >= 15 is 0 Å². The number of aromatic nitrogens is 1. The second kappa shape index (κ2) is 7.64. The van der Waals surface area contributed by atoms with Gasteiger partial charge in [0.2, 0.25) is 0 Å². The Balaban J connectivity index is 2.10. The molecule has 0 saturated carbocycles. The molecular weight excluding hydrogens is 298 g/mol. The largest absolute Gasteiger partial charge is 0.355 e. The van der Waals surface area contributed by atoms with Crippen LogP contribution in [0.1, 0.15) is 57.2 Å². The Bertz CT molecular complexity index is 652. The van der Waals surface area contributed by atoms with Crippen LogP contribution in [0.15, 0.2) is 6.20 Å². The predicted octanol–water partition coefficient (Wildman–Crippen LogP) is 2.99. The number of pyridine rings is 1. The fraction of sp³-hybridized carbons (Fsp3) is 0.632. The summed E-state index contributed by atoms with van der Waals surface area (Å²) in [6.07, 6.45) is 4.37. The molecule has 24 heavy (non-hydrogen) atoms. The quantitative estimate of drug-likeness (QED) is 0.921. The van der Waals surface area contributed by atoms with Gasteiger partial charge in [0.25, 0.3) is 0 Å². The van der Waals surface area contributed by atoms with Crippen molar-refractivity contribution in [3.8, 4) is 12.1 Å². The van der Waals surface area contributed by atoms with E-state index in [0.29, 0.717) is 23.6 Å². The number of hydrogen-bond donors (Lipinski definition) is 1. The molecule has 1 aliphatic heterocycles. The minimum absolute atomic E-state index is 0.288. The molecule has 2 rings (SSSR count). The van der Waals surface area contributed by atoms with Crippen LogP contribution in [-0.4, -0.2) is 30.7 Å². The van der Waals surface area contributed by atoms with Crippen molar-refractivity contribution < 1.29 is 0 Å². The van der Waals surface area contributed by atoms with E-state index in [1.165, 1.54) is 0 Å². The first-order chi connectivity index (χ1) is 11.4. The lowest BCUT2D eigenvalue weighted by Gasteiger charge is -2.35. The van der Waals surface area contributed by atoms with E-state index in [1.807, 2.05) is 6.92 Å². The van der Waals surface area contributed by atoms with Crippen molar-refractivity contribution in [1.82, 2.24) is 10.3 Å². The summed E-state index contributed by atoms with van der Waals surface area (Å²) < 4.78 is 0. The van der Waals surface area contributed by atoms with Crippen LogP contribution < -0.4 is 10.2 Å². The summed E-state index contributed by atoms with van der Waals surface area (Å²) in [6.45, 7) is 11.5. The molecule has 1 aliphatic rings. The van der Waals surface area contributed by atoms with Gasteiger partial charge in [-0.05, 0) is 30.2 Å². The first kappa shape index (κ1) is 18.2. The zero-order valence-corrected chi connectivity index (χ0v) is 15.2. The molecule has 2 heterocycles. The molecule has 128 valence electrons. The maximum Gasteiger partial charge on any atom is 0.146 e. The topological polar surface area (TPSA) is 75.7 Å². The zero-order chi connectivity index (χ0) is 17.7. The highest BCUT2D eigenvalue weighted by Crippen LogP contribution is 2.26. The smallest absolute Gasteiger partial charge is 0.146 e. The van der Waals surface area contributed by atoms with Gasteiger partial charge in [-0.1, -0.05) is 27.7 Å². The van der Waals surface area contributed by atoms with E-state index in [2.05, 4.69) is 48.1 Å². The summed E-state index contributed by atoms with van der Waals surface area (Å²) in [7, 11) is 0. The molecule has 1 aromatic heterocycles. The Kier molecular flexibility index (Phi) is 5.80. The van der Waals surface area contributed by atoms with E-state index in [0.717, 1.165) is 43.9 Å². The van der Waals surface area contributed by atoms with Crippen LogP contribution in [0.3, 0.4) is 0 Å². The third-order valence-corrected chi connectivity index (χ3v) is 4.47. The van der Waals surface area contributed by atoms with Gasteiger partial charge >= 0.3 is 0 Å². The molecule has 0 radical (unpaired) electrons. The molecule has 1 aromatic rings. The average molecular weight is 325 g/mol. The SMILES string of the molecule is CCc1c(C#N)cnc(N2CCC(NCC(C)(C)C)CC2)c1C#N. The minimum atomic E-state index is 0.288. The number of hydrogen-bond acceptors (Lipinski definition) is 5. The summed E-state index contributed by atoms with van der Waals surface area (Å²) >= 11 is 0. The minimum Gasteiger partial charge on any atom is -0.355 e. The van der Waals surface area contributed by atoms with Gasteiger partial charge in [0, 0.05) is 31.9 Å². The number of piperidine rings is 1. The normalized spacial score (nSPS) is 15.8. The Labute approximate surface area is 145 Å². The van der Waals surface area contributed by atoms with E-state index in [9.17, 15) is 10.5 Å². The van der Waals surface area contributed by atoms with Crippen LogP contribution in [-0.2, 0) is 6.42 Å². The van der Waals surface area contributed by atoms with Gasteiger partial charge in [-0.2, -0.15) is 10.5 Å². The average Bonchev–Trinajstić information content (AvgIpc) is 2.58. The first-order valence-electron chi connectivity index (χ1n) is 8.70. The van der Waals surface area contributed by atoms with Crippen LogP contribution in [0.2, 0.25) is 0 Å². The van der Waals surface area contributed by atoms with Crippen LogP contribution in [0.25, 0.3) is 0 Å². The van der Waals surface area contributed by atoms with Crippen molar-refractivity contribution in [3.05, 3.63) is 22.9 Å². The molecule has 5 heteroatoms. The first-order valence-corrected chi connectivity index (χ1v) is 8.70. The second-order valence-corrected chi connectivity index (χ2v) is 7.63. The van der Waals surface area contributed by atoms with Crippen molar-refractivity contribution in [2.45, 2.75) is 53.0 Å². The van der Waals surface area contributed by atoms with E-state index in [-0.39, 0.29) is 5.41 Å². The standard InChI is InChI=1S/C19H27N5/c1-5-16-14(10-20)12-22-18(17(16)11-21)24-8-6-15(7-9-24)23-13-19(2,3)4/h12,15,23H,5-9,13H2,1-4H3. The highest BCUT2D eigenvalue weighted by atomic mass is 15.2. The molecule has 1 N–H and O–H groups in total. The number of nitriles is 2. The van der Waals surface area contributed by atoms with Crippen LogP contribution in [0.5, 0.6) is 0 Å². The van der Waals surface area contributed by atoms with E-state index in [4.69, 9.17) is 0 Å². The van der Waals surface area contributed by atoms with Gasteiger partial charge in [-0.15, -0.1) is 0 Å². The number of nitrogens with zero attached hydrogens (tertiary/aromatic N) is 4. The molecule has 0 bridgehead atoms. The van der Waals surface area contributed by atoms with Crippen molar-refractivity contribution in [1.29, 1.82) is 10.5 Å². The van der Waals surface area contributed by atoms with Gasteiger partial charge < -0.3 is 10.2 Å². The summed E-state index contributed by atoms with van der Waals surface area (Å²) in [5.41, 5.74) is 2.19. The molecule has 0 aliphatic carbocycles. The van der Waals surface area contributed by atoms with E-state index < -0.39 is 0 Å². The Morgan fingerprint density at radius 2 is 1.92 bits per heavy atom. The number of anilines is 1. The van der Waals surface area contributed by atoms with Gasteiger partial charge in [0.05, 0.1) is 11.1 Å². The number of nitrogens with one attached hydrogen (secondary N) is 1.